The Labute approximate surface area is 202 Å². The number of likely N-dealkylation sites (tertiary alicyclic amines) is 1. The van der Waals surface area contributed by atoms with Gasteiger partial charge in [-0.25, -0.2) is 4.79 Å². The van der Waals surface area contributed by atoms with Crippen LogP contribution in [-0.4, -0.2) is 41.8 Å². The molecule has 1 amide bonds. The maximum absolute atomic E-state index is 13.3. The van der Waals surface area contributed by atoms with Crippen LogP contribution in [-0.2, 0) is 9.53 Å². The quantitative estimate of drug-likeness (QED) is 0.593. The lowest BCUT2D eigenvalue weighted by Gasteiger charge is -2.52. The number of carboxylic acids is 1. The Kier molecular flexibility index (Phi) is 5.30. The van der Waals surface area contributed by atoms with E-state index in [1.54, 1.807) is 4.90 Å². The topological polar surface area (TPSA) is 66.8 Å². The van der Waals surface area contributed by atoms with E-state index in [2.05, 4.69) is 52.0 Å². The average Bonchev–Trinajstić information content (AvgIpc) is 3.25. The molecule has 0 bridgehead atoms. The maximum atomic E-state index is 13.3. The molecule has 2 fully saturated rings. The van der Waals surface area contributed by atoms with Gasteiger partial charge in [0.05, 0.1) is 5.92 Å². The van der Waals surface area contributed by atoms with Crippen molar-refractivity contribution >= 4 is 12.1 Å². The molecule has 3 aliphatic rings. The molecule has 2 aliphatic carbocycles. The SMILES string of the molecule is CC1(C)CC(C)(C)CC2(CN(C(=O)OCC3c4ccccc4-c4ccccc43)CC2C(=O)O)C1. The standard InChI is InChI=1S/C29H35NO4/c1-27(2)15-28(3,4)17-29(16-27)18-30(13-24(29)25(31)32)26(33)34-14-23-21-11-7-5-9-19(21)20-10-6-8-12-22(20)23/h5-12,23-24H,13-18H2,1-4H3,(H,31,32). The zero-order valence-corrected chi connectivity index (χ0v) is 20.6. The molecule has 1 atom stereocenters. The zero-order valence-electron chi connectivity index (χ0n) is 20.6. The molecule has 5 nitrogen and oxygen atoms in total. The smallest absolute Gasteiger partial charge is 0.409 e. The summed E-state index contributed by atoms with van der Waals surface area (Å²) < 4.78 is 5.88. The number of carbonyl (C=O) groups excluding carboxylic acids is 1. The van der Waals surface area contributed by atoms with Crippen LogP contribution in [0.2, 0.25) is 0 Å². The number of aliphatic carboxylic acids is 1. The number of hydrogen-bond donors (Lipinski definition) is 1. The number of fused-ring (bicyclic) bond motifs is 3. The van der Waals surface area contributed by atoms with Crippen molar-refractivity contribution in [3.8, 4) is 11.1 Å². The first-order valence-corrected chi connectivity index (χ1v) is 12.3. The molecule has 5 rings (SSSR count). The first-order chi connectivity index (χ1) is 16.0. The summed E-state index contributed by atoms with van der Waals surface area (Å²) in [6, 6.07) is 16.5. The van der Waals surface area contributed by atoms with Crippen LogP contribution in [0.3, 0.4) is 0 Å². The minimum atomic E-state index is -0.803. The molecule has 2 aromatic rings. The maximum Gasteiger partial charge on any atom is 0.409 e. The van der Waals surface area contributed by atoms with Gasteiger partial charge in [0.15, 0.2) is 0 Å². The molecule has 1 saturated carbocycles. The number of benzene rings is 2. The highest BCUT2D eigenvalue weighted by Gasteiger charge is 2.58. The predicted molar refractivity (Wildman–Crippen MR) is 132 cm³/mol. The van der Waals surface area contributed by atoms with E-state index in [-0.39, 0.29) is 29.9 Å². The summed E-state index contributed by atoms with van der Waals surface area (Å²) >= 11 is 0. The van der Waals surface area contributed by atoms with Crippen molar-refractivity contribution in [3.05, 3.63) is 59.7 Å². The average molecular weight is 462 g/mol. The minimum absolute atomic E-state index is 0.00395. The molecule has 2 aromatic carbocycles. The molecule has 5 heteroatoms. The molecule has 1 aliphatic heterocycles. The number of amides is 1. The molecule has 1 saturated heterocycles. The van der Waals surface area contributed by atoms with E-state index in [1.165, 1.54) is 22.3 Å². The number of rotatable bonds is 3. The number of carbonyl (C=O) groups is 2. The normalized spacial score (nSPS) is 24.0. The number of carboxylic acid groups (broad SMARTS) is 1. The second-order valence-corrected chi connectivity index (χ2v) is 12.3. The fraction of sp³-hybridized carbons (Fsp3) is 0.517. The van der Waals surface area contributed by atoms with Crippen LogP contribution >= 0.6 is 0 Å². The van der Waals surface area contributed by atoms with E-state index in [0.717, 1.165) is 19.3 Å². The summed E-state index contributed by atoms with van der Waals surface area (Å²) in [5.41, 5.74) is 4.39. The molecule has 1 heterocycles. The van der Waals surface area contributed by atoms with Gasteiger partial charge in [0, 0.05) is 24.4 Å². The lowest BCUT2D eigenvalue weighted by Crippen LogP contribution is -2.47. The molecular formula is C29H35NO4. The first-order valence-electron chi connectivity index (χ1n) is 12.3. The van der Waals surface area contributed by atoms with Crippen molar-refractivity contribution in [2.45, 2.75) is 52.9 Å². The third kappa shape index (κ3) is 3.89. The van der Waals surface area contributed by atoms with Gasteiger partial charge in [-0.2, -0.15) is 0 Å². The van der Waals surface area contributed by atoms with E-state index in [0.29, 0.717) is 6.54 Å². The molecule has 0 aromatic heterocycles. The Morgan fingerprint density at radius 3 is 1.97 bits per heavy atom. The highest BCUT2D eigenvalue weighted by Crippen LogP contribution is 2.59. The van der Waals surface area contributed by atoms with Crippen molar-refractivity contribution in [3.63, 3.8) is 0 Å². The van der Waals surface area contributed by atoms with Gasteiger partial charge in [-0.1, -0.05) is 76.2 Å². The third-order valence-electron chi connectivity index (χ3n) is 8.16. The van der Waals surface area contributed by atoms with Crippen LogP contribution in [0.5, 0.6) is 0 Å². The van der Waals surface area contributed by atoms with Crippen LogP contribution in [0.15, 0.2) is 48.5 Å². The van der Waals surface area contributed by atoms with E-state index in [1.807, 2.05) is 24.3 Å². The van der Waals surface area contributed by atoms with Crippen molar-refractivity contribution in [1.29, 1.82) is 0 Å². The van der Waals surface area contributed by atoms with Crippen molar-refractivity contribution < 1.29 is 19.4 Å². The number of nitrogens with zero attached hydrogens (tertiary/aromatic N) is 1. The fourth-order valence-electron chi connectivity index (χ4n) is 7.88. The highest BCUT2D eigenvalue weighted by atomic mass is 16.6. The van der Waals surface area contributed by atoms with Gasteiger partial charge in [-0.05, 0) is 52.3 Å². The first kappa shape index (κ1) is 22.9. The Morgan fingerprint density at radius 1 is 0.912 bits per heavy atom. The summed E-state index contributed by atoms with van der Waals surface area (Å²) in [5.74, 6) is -1.37. The van der Waals surface area contributed by atoms with Gasteiger partial charge < -0.3 is 14.7 Å². The minimum Gasteiger partial charge on any atom is -0.481 e. The summed E-state index contributed by atoms with van der Waals surface area (Å²) in [6.07, 6.45) is 2.28. The van der Waals surface area contributed by atoms with Crippen LogP contribution < -0.4 is 0 Å². The summed E-state index contributed by atoms with van der Waals surface area (Å²) in [5, 5.41) is 10.1. The van der Waals surface area contributed by atoms with Gasteiger partial charge >= 0.3 is 12.1 Å². The van der Waals surface area contributed by atoms with Crippen LogP contribution in [0, 0.1) is 22.2 Å². The summed E-state index contributed by atoms with van der Waals surface area (Å²) in [4.78, 5) is 27.2. The van der Waals surface area contributed by atoms with Crippen LogP contribution in [0.1, 0.15) is 64.0 Å². The molecule has 1 N–H and O–H groups in total. The molecular weight excluding hydrogens is 426 g/mol. The lowest BCUT2D eigenvalue weighted by molar-refractivity contribution is -0.148. The second-order valence-electron chi connectivity index (χ2n) is 12.3. The largest absolute Gasteiger partial charge is 0.481 e. The summed E-state index contributed by atoms with van der Waals surface area (Å²) in [6.45, 7) is 9.83. The lowest BCUT2D eigenvalue weighted by atomic mass is 9.52. The van der Waals surface area contributed by atoms with E-state index >= 15 is 0 Å². The van der Waals surface area contributed by atoms with Crippen molar-refractivity contribution in [2.75, 3.05) is 19.7 Å². The molecule has 1 spiro atoms. The molecule has 0 radical (unpaired) electrons. The summed E-state index contributed by atoms with van der Waals surface area (Å²) in [7, 11) is 0. The molecule has 180 valence electrons. The Balaban J connectivity index is 1.35. The Morgan fingerprint density at radius 2 is 1.44 bits per heavy atom. The van der Waals surface area contributed by atoms with Gasteiger partial charge in [-0.3, -0.25) is 4.79 Å². The molecule has 1 unspecified atom stereocenters. The van der Waals surface area contributed by atoms with E-state index in [9.17, 15) is 14.7 Å². The molecule has 34 heavy (non-hydrogen) atoms. The van der Waals surface area contributed by atoms with Gasteiger partial charge in [0.25, 0.3) is 0 Å². The van der Waals surface area contributed by atoms with Crippen LogP contribution in [0.25, 0.3) is 11.1 Å². The van der Waals surface area contributed by atoms with Crippen molar-refractivity contribution in [2.24, 2.45) is 22.2 Å². The second kappa shape index (κ2) is 7.86. The predicted octanol–water partition coefficient (Wildman–Crippen LogP) is 6.17. The van der Waals surface area contributed by atoms with Crippen LogP contribution in [0.4, 0.5) is 4.79 Å². The Hall–Kier alpha value is -2.82. The third-order valence-corrected chi connectivity index (χ3v) is 8.16. The van der Waals surface area contributed by atoms with E-state index < -0.39 is 23.4 Å². The zero-order chi connectivity index (χ0) is 24.3. The monoisotopic (exact) mass is 461 g/mol. The number of ether oxygens (including phenoxy) is 1. The number of hydrogen-bond acceptors (Lipinski definition) is 3. The van der Waals surface area contributed by atoms with Gasteiger partial charge in [0.1, 0.15) is 6.61 Å². The Bertz CT molecular complexity index is 1070. The van der Waals surface area contributed by atoms with E-state index in [4.69, 9.17) is 4.74 Å². The fourth-order valence-corrected chi connectivity index (χ4v) is 7.88. The van der Waals surface area contributed by atoms with Crippen molar-refractivity contribution in [1.82, 2.24) is 4.90 Å². The highest BCUT2D eigenvalue weighted by molar-refractivity contribution is 5.79. The van der Waals surface area contributed by atoms with Gasteiger partial charge in [0.2, 0.25) is 0 Å². The van der Waals surface area contributed by atoms with Gasteiger partial charge in [-0.15, -0.1) is 0 Å².